The number of aromatic nitrogens is 4. The summed E-state index contributed by atoms with van der Waals surface area (Å²) in [6.45, 7) is 3.75. The van der Waals surface area contributed by atoms with Gasteiger partial charge in [-0.25, -0.2) is 19.7 Å². The van der Waals surface area contributed by atoms with E-state index in [1.165, 1.54) is 5.56 Å². The number of hydrogen-bond acceptors (Lipinski definition) is 6. The highest BCUT2D eigenvalue weighted by molar-refractivity contribution is 6.02. The van der Waals surface area contributed by atoms with E-state index in [-0.39, 0.29) is 6.03 Å². The van der Waals surface area contributed by atoms with Crippen molar-refractivity contribution < 1.29 is 9.21 Å². The zero-order chi connectivity index (χ0) is 21.8. The standard InChI is InChI=1S/C23H22N7O2/c1-13-7-10-32-19(13)22-28-18-20(29(22)2)24-12-25-21(18)30-8-5-14(6-9-30)15-3-4-16-17(11-15)27-23(31)26-16/h3-4,7,10-12,14H,5-6,8-9H2,1-2H3,(H,26,31). The molecule has 1 saturated heterocycles. The van der Waals surface area contributed by atoms with E-state index >= 15 is 0 Å². The molecule has 2 amide bonds. The van der Waals surface area contributed by atoms with Crippen LogP contribution in [0.3, 0.4) is 0 Å². The maximum atomic E-state index is 11.5. The van der Waals surface area contributed by atoms with E-state index in [0.29, 0.717) is 5.92 Å². The van der Waals surface area contributed by atoms with Crippen LogP contribution < -0.4 is 15.5 Å². The van der Waals surface area contributed by atoms with Crippen LogP contribution in [-0.4, -0.2) is 38.6 Å². The lowest BCUT2D eigenvalue weighted by molar-refractivity contribution is 0.256. The first-order valence-electron chi connectivity index (χ1n) is 10.7. The van der Waals surface area contributed by atoms with Gasteiger partial charge in [-0.3, -0.25) is 0 Å². The Labute approximate surface area is 184 Å². The van der Waals surface area contributed by atoms with Crippen LogP contribution in [0.4, 0.5) is 22.0 Å². The molecular formula is C23H22N7O2. The first-order valence-corrected chi connectivity index (χ1v) is 10.7. The zero-order valence-corrected chi connectivity index (χ0v) is 17.9. The summed E-state index contributed by atoms with van der Waals surface area (Å²) in [7, 11) is 1.95. The largest absolute Gasteiger partial charge is 0.461 e. The molecule has 5 heterocycles. The van der Waals surface area contributed by atoms with Gasteiger partial charge in [0.25, 0.3) is 0 Å². The molecule has 161 valence electrons. The minimum atomic E-state index is -0.292. The Hall–Kier alpha value is -3.88. The number of imidazole rings is 1. The number of nitrogens with one attached hydrogen (secondary N) is 1. The number of nitrogens with zero attached hydrogens (tertiary/aromatic N) is 6. The first-order chi connectivity index (χ1) is 15.6. The quantitative estimate of drug-likeness (QED) is 0.527. The summed E-state index contributed by atoms with van der Waals surface area (Å²) in [4.78, 5) is 27.7. The summed E-state index contributed by atoms with van der Waals surface area (Å²) in [5, 5.41) is 6.80. The molecule has 1 N–H and O–H groups in total. The minimum absolute atomic E-state index is 0.292. The molecule has 2 aliphatic rings. The molecule has 4 aromatic rings. The SMILES string of the molecule is Cc1ccoc1-c1nc2c(N3CCC(c4ccc5c(c4)[N]C(=O)N5)CC3)ncnc2n1C. The van der Waals surface area contributed by atoms with Gasteiger partial charge in [0.2, 0.25) is 0 Å². The van der Waals surface area contributed by atoms with Crippen molar-refractivity contribution in [2.75, 3.05) is 23.3 Å². The van der Waals surface area contributed by atoms with Gasteiger partial charge >= 0.3 is 6.03 Å². The van der Waals surface area contributed by atoms with Crippen molar-refractivity contribution >= 4 is 34.4 Å². The average Bonchev–Trinajstić information content (AvgIpc) is 3.49. The lowest BCUT2D eigenvalue weighted by Gasteiger charge is -2.33. The van der Waals surface area contributed by atoms with Crippen LogP contribution in [0.5, 0.6) is 0 Å². The molecule has 0 atom stereocenters. The van der Waals surface area contributed by atoms with E-state index in [0.717, 1.165) is 71.4 Å². The lowest BCUT2D eigenvalue weighted by atomic mass is 9.89. The van der Waals surface area contributed by atoms with Crippen molar-refractivity contribution in [3.05, 3.63) is 48.0 Å². The second kappa shape index (κ2) is 7.08. The van der Waals surface area contributed by atoms with E-state index in [1.807, 2.05) is 36.7 Å². The molecule has 0 unspecified atom stereocenters. The van der Waals surface area contributed by atoms with Gasteiger partial charge in [-0.05, 0) is 55.0 Å². The summed E-state index contributed by atoms with van der Waals surface area (Å²) in [5.41, 5.74) is 5.38. The van der Waals surface area contributed by atoms with E-state index in [9.17, 15) is 4.79 Å². The fourth-order valence-corrected chi connectivity index (χ4v) is 4.70. The summed E-state index contributed by atoms with van der Waals surface area (Å²) in [5.74, 6) is 2.79. The second-order valence-electron chi connectivity index (χ2n) is 8.38. The molecule has 9 nitrogen and oxygen atoms in total. The Morgan fingerprint density at radius 1 is 1.16 bits per heavy atom. The fraction of sp³-hybridized carbons (Fsp3) is 0.304. The lowest BCUT2D eigenvalue weighted by Crippen LogP contribution is -2.33. The molecule has 1 radical (unpaired) electrons. The molecule has 2 aliphatic heterocycles. The van der Waals surface area contributed by atoms with Crippen molar-refractivity contribution in [2.24, 2.45) is 7.05 Å². The number of hydrogen-bond donors (Lipinski definition) is 1. The van der Waals surface area contributed by atoms with Crippen LogP contribution in [0, 0.1) is 6.92 Å². The van der Waals surface area contributed by atoms with Gasteiger partial charge in [-0.1, -0.05) is 6.07 Å². The monoisotopic (exact) mass is 428 g/mol. The third-order valence-electron chi connectivity index (χ3n) is 6.45. The van der Waals surface area contributed by atoms with Crippen LogP contribution in [0.2, 0.25) is 0 Å². The molecule has 3 aromatic heterocycles. The van der Waals surface area contributed by atoms with Gasteiger partial charge < -0.3 is 19.2 Å². The Kier molecular flexibility index (Phi) is 4.17. The van der Waals surface area contributed by atoms with Gasteiger partial charge in [-0.2, -0.15) is 5.32 Å². The summed E-state index contributed by atoms with van der Waals surface area (Å²) in [6, 6.07) is 7.72. The predicted octanol–water partition coefficient (Wildman–Crippen LogP) is 4.10. The van der Waals surface area contributed by atoms with Crippen LogP contribution in [0.1, 0.15) is 29.9 Å². The van der Waals surface area contributed by atoms with E-state index in [4.69, 9.17) is 9.40 Å². The molecule has 0 aliphatic carbocycles. The highest BCUT2D eigenvalue weighted by Crippen LogP contribution is 2.37. The number of amides is 2. The van der Waals surface area contributed by atoms with Crippen molar-refractivity contribution in [3.8, 4) is 11.6 Å². The number of piperidine rings is 1. The highest BCUT2D eigenvalue weighted by Gasteiger charge is 2.27. The van der Waals surface area contributed by atoms with Crippen LogP contribution >= 0.6 is 0 Å². The molecule has 0 spiro atoms. The van der Waals surface area contributed by atoms with Gasteiger partial charge in [0, 0.05) is 20.1 Å². The van der Waals surface area contributed by atoms with Crippen molar-refractivity contribution in [2.45, 2.75) is 25.7 Å². The van der Waals surface area contributed by atoms with Crippen LogP contribution in [0.15, 0.2) is 41.3 Å². The number of aryl methyl sites for hydroxylation is 2. The minimum Gasteiger partial charge on any atom is -0.461 e. The average molecular weight is 428 g/mol. The zero-order valence-electron chi connectivity index (χ0n) is 17.9. The number of urea groups is 1. The van der Waals surface area contributed by atoms with E-state index in [2.05, 4.69) is 31.6 Å². The Morgan fingerprint density at radius 2 is 2.00 bits per heavy atom. The molecule has 9 heteroatoms. The third-order valence-corrected chi connectivity index (χ3v) is 6.45. The Balaban J connectivity index is 1.26. The number of anilines is 2. The molecule has 6 rings (SSSR count). The highest BCUT2D eigenvalue weighted by atomic mass is 16.3. The second-order valence-corrected chi connectivity index (χ2v) is 8.38. The van der Waals surface area contributed by atoms with Crippen molar-refractivity contribution in [3.63, 3.8) is 0 Å². The van der Waals surface area contributed by atoms with Crippen molar-refractivity contribution in [1.82, 2.24) is 24.8 Å². The van der Waals surface area contributed by atoms with Gasteiger partial charge in [-0.15, -0.1) is 0 Å². The van der Waals surface area contributed by atoms with Gasteiger partial charge in [0.1, 0.15) is 6.33 Å². The van der Waals surface area contributed by atoms with Crippen molar-refractivity contribution in [1.29, 1.82) is 0 Å². The molecule has 1 aromatic carbocycles. The van der Waals surface area contributed by atoms with E-state index < -0.39 is 0 Å². The molecule has 1 fully saturated rings. The third kappa shape index (κ3) is 2.92. The molecule has 32 heavy (non-hydrogen) atoms. The number of furan rings is 1. The maximum absolute atomic E-state index is 11.5. The number of fused-ring (bicyclic) bond motifs is 2. The summed E-state index contributed by atoms with van der Waals surface area (Å²) < 4.78 is 7.63. The first kappa shape index (κ1) is 18.9. The van der Waals surface area contributed by atoms with Crippen LogP contribution in [0.25, 0.3) is 22.7 Å². The number of carbonyl (C=O) groups excluding carboxylic acids is 1. The smallest absolute Gasteiger partial charge is 0.346 e. The topological polar surface area (TPSA) is 103 Å². The number of benzene rings is 1. The maximum Gasteiger partial charge on any atom is 0.346 e. The Bertz CT molecular complexity index is 1350. The predicted molar refractivity (Wildman–Crippen MR) is 120 cm³/mol. The summed E-state index contributed by atoms with van der Waals surface area (Å²) >= 11 is 0. The number of carbonyl (C=O) groups is 1. The van der Waals surface area contributed by atoms with Gasteiger partial charge in [0.15, 0.2) is 28.6 Å². The molecule has 0 saturated carbocycles. The van der Waals surface area contributed by atoms with Crippen LogP contribution in [-0.2, 0) is 7.05 Å². The molecular weight excluding hydrogens is 406 g/mol. The normalized spacial score (nSPS) is 16.3. The number of rotatable bonds is 3. The van der Waals surface area contributed by atoms with E-state index in [1.54, 1.807) is 12.6 Å². The summed E-state index contributed by atoms with van der Waals surface area (Å²) in [6.07, 6.45) is 5.26. The Morgan fingerprint density at radius 3 is 2.78 bits per heavy atom. The fourth-order valence-electron chi connectivity index (χ4n) is 4.70. The molecule has 0 bridgehead atoms. The van der Waals surface area contributed by atoms with Gasteiger partial charge in [0.05, 0.1) is 17.6 Å².